The zero-order chi connectivity index (χ0) is 15.6. The first kappa shape index (κ1) is 13.9. The number of halogens is 1. The predicted octanol–water partition coefficient (Wildman–Crippen LogP) is 1.38. The molecule has 4 heterocycles. The summed E-state index contributed by atoms with van der Waals surface area (Å²) in [6.45, 7) is 3.37. The van der Waals surface area contributed by atoms with E-state index in [0.29, 0.717) is 0 Å². The topological polar surface area (TPSA) is 62.5 Å². The molecule has 1 aliphatic rings. The maximum Gasteiger partial charge on any atom is 0.203 e. The van der Waals surface area contributed by atoms with Crippen LogP contribution in [-0.2, 0) is 0 Å². The lowest BCUT2D eigenvalue weighted by atomic mass is 10.3. The van der Waals surface area contributed by atoms with Crippen LogP contribution in [0.3, 0.4) is 0 Å². The van der Waals surface area contributed by atoms with Crippen LogP contribution in [0, 0.1) is 5.82 Å². The second-order valence-corrected chi connectivity index (χ2v) is 5.47. The fourth-order valence-corrected chi connectivity index (χ4v) is 2.88. The lowest BCUT2D eigenvalue weighted by molar-refractivity contribution is 0.620. The van der Waals surface area contributed by atoms with Crippen LogP contribution in [0.2, 0.25) is 0 Å². The summed E-state index contributed by atoms with van der Waals surface area (Å²) < 4.78 is 14.9. The van der Waals surface area contributed by atoms with E-state index in [2.05, 4.69) is 30.0 Å². The van der Waals surface area contributed by atoms with Gasteiger partial charge in [0.2, 0.25) is 5.65 Å². The molecule has 118 valence electrons. The molecule has 1 fully saturated rings. The summed E-state index contributed by atoms with van der Waals surface area (Å²) in [4.78, 5) is 13.0. The van der Waals surface area contributed by atoms with Gasteiger partial charge in [-0.3, -0.25) is 4.40 Å². The summed E-state index contributed by atoms with van der Waals surface area (Å²) in [7, 11) is 0. The lowest BCUT2D eigenvalue weighted by Gasteiger charge is -2.23. The monoisotopic (exact) mass is 313 g/mol. The number of fused-ring (bicyclic) bond motifs is 1. The number of anilines is 2. The molecule has 3 aromatic rings. The van der Waals surface area contributed by atoms with E-state index in [1.807, 2.05) is 10.6 Å². The van der Waals surface area contributed by atoms with Gasteiger partial charge in [-0.15, -0.1) is 10.2 Å². The van der Waals surface area contributed by atoms with Gasteiger partial charge in [-0.05, 0) is 18.6 Å². The van der Waals surface area contributed by atoms with E-state index >= 15 is 0 Å². The fourth-order valence-electron chi connectivity index (χ4n) is 2.88. The van der Waals surface area contributed by atoms with E-state index in [1.165, 1.54) is 12.3 Å². The van der Waals surface area contributed by atoms with Crippen molar-refractivity contribution in [3.8, 4) is 0 Å². The van der Waals surface area contributed by atoms with Gasteiger partial charge < -0.3 is 9.80 Å². The number of aromatic nitrogens is 5. The number of pyridine rings is 1. The lowest BCUT2D eigenvalue weighted by Crippen LogP contribution is -2.31. The minimum Gasteiger partial charge on any atom is -0.355 e. The van der Waals surface area contributed by atoms with Crippen molar-refractivity contribution in [1.29, 1.82) is 0 Å². The molecular weight excluding hydrogens is 297 g/mol. The van der Waals surface area contributed by atoms with Crippen molar-refractivity contribution in [2.75, 3.05) is 36.0 Å². The van der Waals surface area contributed by atoms with Crippen LogP contribution in [0.25, 0.3) is 5.65 Å². The zero-order valence-electron chi connectivity index (χ0n) is 12.5. The minimum absolute atomic E-state index is 0.312. The van der Waals surface area contributed by atoms with Crippen LogP contribution in [0.15, 0.2) is 37.1 Å². The van der Waals surface area contributed by atoms with E-state index in [1.54, 1.807) is 18.6 Å². The highest BCUT2D eigenvalue weighted by Gasteiger charge is 2.19. The van der Waals surface area contributed by atoms with Gasteiger partial charge in [-0.1, -0.05) is 0 Å². The van der Waals surface area contributed by atoms with Crippen LogP contribution in [0.5, 0.6) is 0 Å². The third-order valence-corrected chi connectivity index (χ3v) is 4.03. The van der Waals surface area contributed by atoms with Gasteiger partial charge in [0.05, 0.1) is 6.20 Å². The molecule has 0 radical (unpaired) electrons. The van der Waals surface area contributed by atoms with Gasteiger partial charge in [0.1, 0.15) is 18.0 Å². The molecule has 0 unspecified atom stereocenters. The third-order valence-electron chi connectivity index (χ3n) is 4.03. The van der Waals surface area contributed by atoms with E-state index in [9.17, 15) is 4.39 Å². The van der Waals surface area contributed by atoms with Crippen molar-refractivity contribution < 1.29 is 4.39 Å². The van der Waals surface area contributed by atoms with E-state index in [0.717, 1.165) is 49.9 Å². The van der Waals surface area contributed by atoms with Crippen LogP contribution in [-0.4, -0.2) is 50.7 Å². The first-order valence-electron chi connectivity index (χ1n) is 7.57. The van der Waals surface area contributed by atoms with E-state index in [-0.39, 0.29) is 5.82 Å². The Kier molecular flexibility index (Phi) is 3.49. The Balaban J connectivity index is 1.55. The van der Waals surface area contributed by atoms with Crippen molar-refractivity contribution in [1.82, 2.24) is 24.6 Å². The number of hydrogen-bond acceptors (Lipinski definition) is 6. The van der Waals surface area contributed by atoms with Gasteiger partial charge in [0.15, 0.2) is 5.82 Å². The van der Waals surface area contributed by atoms with Crippen molar-refractivity contribution in [3.05, 3.63) is 42.9 Å². The largest absolute Gasteiger partial charge is 0.355 e. The van der Waals surface area contributed by atoms with Crippen LogP contribution in [0.4, 0.5) is 16.0 Å². The fraction of sp³-hybridized carbons (Fsp3) is 0.333. The van der Waals surface area contributed by atoms with E-state index in [4.69, 9.17) is 0 Å². The molecule has 0 atom stereocenters. The molecule has 0 spiro atoms. The average Bonchev–Trinajstić information content (AvgIpc) is 2.93. The number of nitrogens with zero attached hydrogens (tertiary/aromatic N) is 7. The molecule has 0 N–H and O–H groups in total. The molecule has 1 saturated heterocycles. The molecule has 8 heteroatoms. The SMILES string of the molecule is Fc1ccc(N2CCCN(c3nccn4cnnc34)CC2)nc1. The number of hydrogen-bond donors (Lipinski definition) is 0. The van der Waals surface area contributed by atoms with Crippen molar-refractivity contribution in [3.63, 3.8) is 0 Å². The van der Waals surface area contributed by atoms with Gasteiger partial charge in [0.25, 0.3) is 0 Å². The Morgan fingerprint density at radius 3 is 2.74 bits per heavy atom. The molecular formula is C15H16FN7. The standard InChI is InChI=1S/C15H16FN7/c16-12-2-3-13(18-10-12)21-5-1-6-22(9-8-21)14-15-20-19-11-23(15)7-4-17-14/h2-4,7,10-11H,1,5-6,8-9H2. The summed E-state index contributed by atoms with van der Waals surface area (Å²) in [5.41, 5.74) is 0.765. The molecule has 7 nitrogen and oxygen atoms in total. The third kappa shape index (κ3) is 2.67. The van der Waals surface area contributed by atoms with Crippen LogP contribution in [0.1, 0.15) is 6.42 Å². The number of rotatable bonds is 2. The molecule has 0 saturated carbocycles. The Hall–Kier alpha value is -2.77. The van der Waals surface area contributed by atoms with Gasteiger partial charge in [-0.25, -0.2) is 14.4 Å². The highest BCUT2D eigenvalue weighted by atomic mass is 19.1. The van der Waals surface area contributed by atoms with Crippen molar-refractivity contribution >= 4 is 17.3 Å². The Morgan fingerprint density at radius 1 is 1.00 bits per heavy atom. The smallest absolute Gasteiger partial charge is 0.203 e. The molecule has 3 aromatic heterocycles. The molecule has 23 heavy (non-hydrogen) atoms. The molecule has 0 aromatic carbocycles. The van der Waals surface area contributed by atoms with Crippen LogP contribution < -0.4 is 9.80 Å². The summed E-state index contributed by atoms with van der Waals surface area (Å²) in [5, 5.41) is 8.09. The summed E-state index contributed by atoms with van der Waals surface area (Å²) in [5.74, 6) is 1.34. The first-order chi connectivity index (χ1) is 11.3. The summed E-state index contributed by atoms with van der Waals surface area (Å²) >= 11 is 0. The molecule has 1 aliphatic heterocycles. The molecule has 0 amide bonds. The van der Waals surface area contributed by atoms with E-state index < -0.39 is 0 Å². The second kappa shape index (κ2) is 5.79. The van der Waals surface area contributed by atoms with Gasteiger partial charge in [0, 0.05) is 38.6 Å². The van der Waals surface area contributed by atoms with Gasteiger partial charge >= 0.3 is 0 Å². The van der Waals surface area contributed by atoms with Crippen LogP contribution >= 0.6 is 0 Å². The minimum atomic E-state index is -0.312. The molecule has 0 aliphatic carbocycles. The maximum absolute atomic E-state index is 13.0. The second-order valence-electron chi connectivity index (χ2n) is 5.47. The normalized spacial score (nSPS) is 15.9. The molecule has 0 bridgehead atoms. The highest BCUT2D eigenvalue weighted by Crippen LogP contribution is 2.20. The quantitative estimate of drug-likeness (QED) is 0.712. The summed E-state index contributed by atoms with van der Waals surface area (Å²) in [6, 6.07) is 3.17. The maximum atomic E-state index is 13.0. The molecule has 4 rings (SSSR count). The Bertz CT molecular complexity index is 801. The Morgan fingerprint density at radius 2 is 1.87 bits per heavy atom. The summed E-state index contributed by atoms with van der Waals surface area (Å²) in [6.07, 6.45) is 7.50. The predicted molar refractivity (Wildman–Crippen MR) is 84.0 cm³/mol. The first-order valence-corrected chi connectivity index (χ1v) is 7.57. The zero-order valence-corrected chi connectivity index (χ0v) is 12.5. The highest BCUT2D eigenvalue weighted by molar-refractivity contribution is 5.63. The average molecular weight is 313 g/mol. The van der Waals surface area contributed by atoms with Crippen molar-refractivity contribution in [2.45, 2.75) is 6.42 Å². The van der Waals surface area contributed by atoms with Gasteiger partial charge in [-0.2, -0.15) is 0 Å². The van der Waals surface area contributed by atoms with Crippen molar-refractivity contribution in [2.24, 2.45) is 0 Å². The Labute approximate surface area is 132 Å².